The number of rotatable bonds is 6. The van der Waals surface area contributed by atoms with Crippen molar-refractivity contribution < 1.29 is 14.6 Å². The summed E-state index contributed by atoms with van der Waals surface area (Å²) in [6.45, 7) is 3.09. The lowest BCUT2D eigenvalue weighted by molar-refractivity contribution is 0.183. The van der Waals surface area contributed by atoms with Crippen molar-refractivity contribution in [3.05, 3.63) is 23.7 Å². The standard InChI is InChI=1S/C10H17NO3/c1-8(13)4-5-11-6-9-2-3-10(7-12)14-9/h2-3,8,11-13H,4-7H2,1H3/t8-/m0/s1. The van der Waals surface area contributed by atoms with Crippen LogP contribution in [0.2, 0.25) is 0 Å². The summed E-state index contributed by atoms with van der Waals surface area (Å²) in [4.78, 5) is 0. The zero-order chi connectivity index (χ0) is 10.4. The smallest absolute Gasteiger partial charge is 0.129 e. The van der Waals surface area contributed by atoms with E-state index in [-0.39, 0.29) is 12.7 Å². The summed E-state index contributed by atoms with van der Waals surface area (Å²) in [5, 5.41) is 20.9. The molecule has 80 valence electrons. The Morgan fingerprint density at radius 3 is 2.71 bits per heavy atom. The van der Waals surface area contributed by atoms with Crippen LogP contribution in [0, 0.1) is 0 Å². The van der Waals surface area contributed by atoms with Gasteiger partial charge in [-0.05, 0) is 32.0 Å². The van der Waals surface area contributed by atoms with E-state index in [0.717, 1.165) is 18.7 Å². The molecule has 1 aromatic rings. The minimum absolute atomic E-state index is 0.0618. The summed E-state index contributed by atoms with van der Waals surface area (Å²) in [5.74, 6) is 1.39. The predicted octanol–water partition coefficient (Wildman–Crippen LogP) is 0.632. The van der Waals surface area contributed by atoms with Crippen molar-refractivity contribution in [1.29, 1.82) is 0 Å². The molecule has 0 saturated heterocycles. The monoisotopic (exact) mass is 199 g/mol. The first-order valence-corrected chi connectivity index (χ1v) is 4.79. The molecule has 0 aliphatic heterocycles. The van der Waals surface area contributed by atoms with Crippen LogP contribution < -0.4 is 5.32 Å². The summed E-state index contributed by atoms with van der Waals surface area (Å²) in [6.07, 6.45) is 0.459. The third-order valence-electron chi connectivity index (χ3n) is 1.91. The zero-order valence-electron chi connectivity index (χ0n) is 8.36. The average molecular weight is 199 g/mol. The van der Waals surface area contributed by atoms with Gasteiger partial charge >= 0.3 is 0 Å². The summed E-state index contributed by atoms with van der Waals surface area (Å²) < 4.78 is 5.26. The zero-order valence-corrected chi connectivity index (χ0v) is 8.36. The van der Waals surface area contributed by atoms with Crippen LogP contribution in [-0.4, -0.2) is 22.9 Å². The van der Waals surface area contributed by atoms with Crippen LogP contribution in [0.1, 0.15) is 24.9 Å². The average Bonchev–Trinajstić information content (AvgIpc) is 2.60. The molecule has 0 aliphatic rings. The van der Waals surface area contributed by atoms with Gasteiger partial charge in [0.05, 0.1) is 12.6 Å². The molecule has 0 saturated carbocycles. The van der Waals surface area contributed by atoms with E-state index in [1.165, 1.54) is 0 Å². The quantitative estimate of drug-likeness (QED) is 0.588. The number of nitrogens with one attached hydrogen (secondary N) is 1. The highest BCUT2D eigenvalue weighted by Crippen LogP contribution is 2.06. The molecular weight excluding hydrogens is 182 g/mol. The van der Waals surface area contributed by atoms with Gasteiger partial charge in [-0.25, -0.2) is 0 Å². The van der Waals surface area contributed by atoms with E-state index in [1.54, 1.807) is 13.0 Å². The van der Waals surface area contributed by atoms with Gasteiger partial charge in [0.1, 0.15) is 18.1 Å². The lowest BCUT2D eigenvalue weighted by atomic mass is 10.3. The van der Waals surface area contributed by atoms with Crippen molar-refractivity contribution in [3.63, 3.8) is 0 Å². The molecule has 0 amide bonds. The molecule has 0 fully saturated rings. The molecular formula is C10H17NO3. The molecule has 3 N–H and O–H groups in total. The first-order valence-electron chi connectivity index (χ1n) is 4.79. The predicted molar refractivity (Wildman–Crippen MR) is 52.6 cm³/mol. The fraction of sp³-hybridized carbons (Fsp3) is 0.600. The molecule has 1 heterocycles. The second kappa shape index (κ2) is 5.80. The van der Waals surface area contributed by atoms with Crippen molar-refractivity contribution in [2.45, 2.75) is 32.6 Å². The van der Waals surface area contributed by atoms with Crippen LogP contribution in [0.15, 0.2) is 16.5 Å². The minimum Gasteiger partial charge on any atom is -0.462 e. The van der Waals surface area contributed by atoms with Crippen LogP contribution in [0.5, 0.6) is 0 Å². The molecule has 0 unspecified atom stereocenters. The summed E-state index contributed by atoms with van der Waals surface area (Å²) in [6, 6.07) is 3.59. The lowest BCUT2D eigenvalue weighted by Crippen LogP contribution is -2.18. The normalized spacial score (nSPS) is 13.1. The Kier molecular flexibility index (Phi) is 4.65. The Labute approximate surface area is 83.6 Å². The van der Waals surface area contributed by atoms with Gasteiger partial charge in [0.2, 0.25) is 0 Å². The Hall–Kier alpha value is -0.840. The fourth-order valence-electron chi connectivity index (χ4n) is 1.12. The van der Waals surface area contributed by atoms with Crippen LogP contribution in [0.4, 0.5) is 0 Å². The molecule has 4 heteroatoms. The van der Waals surface area contributed by atoms with E-state index < -0.39 is 0 Å². The maximum absolute atomic E-state index is 9.00. The second-order valence-corrected chi connectivity index (χ2v) is 3.34. The minimum atomic E-state index is -0.271. The highest BCUT2D eigenvalue weighted by atomic mass is 16.4. The topological polar surface area (TPSA) is 65.6 Å². The van der Waals surface area contributed by atoms with Gasteiger partial charge < -0.3 is 19.9 Å². The highest BCUT2D eigenvalue weighted by Gasteiger charge is 2.00. The van der Waals surface area contributed by atoms with Gasteiger partial charge in [-0.15, -0.1) is 0 Å². The molecule has 1 rings (SSSR count). The van der Waals surface area contributed by atoms with Crippen molar-refractivity contribution >= 4 is 0 Å². The molecule has 0 aliphatic carbocycles. The third-order valence-corrected chi connectivity index (χ3v) is 1.91. The van der Waals surface area contributed by atoms with Gasteiger partial charge in [-0.1, -0.05) is 0 Å². The molecule has 0 aromatic carbocycles. The molecule has 1 atom stereocenters. The van der Waals surface area contributed by atoms with Crippen molar-refractivity contribution in [2.75, 3.05) is 6.54 Å². The van der Waals surface area contributed by atoms with Gasteiger partial charge in [0, 0.05) is 0 Å². The Bertz CT molecular complexity index is 258. The highest BCUT2D eigenvalue weighted by molar-refractivity contribution is 5.05. The maximum Gasteiger partial charge on any atom is 0.129 e. The number of furan rings is 1. The number of hydrogen-bond acceptors (Lipinski definition) is 4. The van der Waals surface area contributed by atoms with Crippen molar-refractivity contribution in [1.82, 2.24) is 5.32 Å². The van der Waals surface area contributed by atoms with Crippen LogP contribution in [0.3, 0.4) is 0 Å². The molecule has 4 nitrogen and oxygen atoms in total. The van der Waals surface area contributed by atoms with Gasteiger partial charge in [-0.2, -0.15) is 0 Å². The summed E-state index contributed by atoms with van der Waals surface area (Å²) >= 11 is 0. The van der Waals surface area contributed by atoms with E-state index in [0.29, 0.717) is 12.3 Å². The summed E-state index contributed by atoms with van der Waals surface area (Å²) in [7, 11) is 0. The molecule has 0 spiro atoms. The first-order chi connectivity index (χ1) is 6.72. The summed E-state index contributed by atoms with van der Waals surface area (Å²) in [5.41, 5.74) is 0. The van der Waals surface area contributed by atoms with E-state index in [9.17, 15) is 0 Å². The van der Waals surface area contributed by atoms with E-state index >= 15 is 0 Å². The Morgan fingerprint density at radius 2 is 2.14 bits per heavy atom. The van der Waals surface area contributed by atoms with Crippen molar-refractivity contribution in [2.24, 2.45) is 0 Å². The number of aliphatic hydroxyl groups is 2. The van der Waals surface area contributed by atoms with Gasteiger partial charge in [0.25, 0.3) is 0 Å². The van der Waals surface area contributed by atoms with Crippen LogP contribution in [-0.2, 0) is 13.2 Å². The van der Waals surface area contributed by atoms with E-state index in [1.807, 2.05) is 6.07 Å². The Balaban J connectivity index is 2.18. The van der Waals surface area contributed by atoms with Gasteiger partial charge in [-0.3, -0.25) is 0 Å². The number of aliphatic hydroxyl groups excluding tert-OH is 2. The fourth-order valence-corrected chi connectivity index (χ4v) is 1.12. The SMILES string of the molecule is C[C@H](O)CCNCc1ccc(CO)o1. The third kappa shape index (κ3) is 3.91. The van der Waals surface area contributed by atoms with E-state index in [4.69, 9.17) is 14.6 Å². The Morgan fingerprint density at radius 1 is 1.43 bits per heavy atom. The van der Waals surface area contributed by atoms with Crippen LogP contribution in [0.25, 0.3) is 0 Å². The van der Waals surface area contributed by atoms with Gasteiger partial charge in [0.15, 0.2) is 0 Å². The number of hydrogen-bond donors (Lipinski definition) is 3. The molecule has 0 radical (unpaired) electrons. The maximum atomic E-state index is 9.00. The second-order valence-electron chi connectivity index (χ2n) is 3.34. The lowest BCUT2D eigenvalue weighted by Gasteiger charge is -2.04. The molecule has 0 bridgehead atoms. The first kappa shape index (κ1) is 11.2. The van der Waals surface area contributed by atoms with E-state index in [2.05, 4.69) is 5.32 Å². The van der Waals surface area contributed by atoms with Crippen LogP contribution >= 0.6 is 0 Å². The van der Waals surface area contributed by atoms with Crippen molar-refractivity contribution in [3.8, 4) is 0 Å². The molecule has 1 aromatic heterocycles. The largest absolute Gasteiger partial charge is 0.462 e. The molecule has 14 heavy (non-hydrogen) atoms.